The van der Waals surface area contributed by atoms with Gasteiger partial charge in [0.1, 0.15) is 10.3 Å². The van der Waals surface area contributed by atoms with Crippen LogP contribution in [-0.2, 0) is 26.4 Å². The standard InChI is InChI=1S/C18H27F2NO3S/c1-16(2,3)24-14(22)11-18(7,21-25(23)17(4,5)6)12-9-8-10-13(19)15(12)20/h8-10,21H,11H2,1-7H3/t18-,25?/m0/s1. The quantitative estimate of drug-likeness (QED) is 0.625. The Kier molecular flexibility index (Phi) is 6.64. The fourth-order valence-electron chi connectivity index (χ4n) is 2.14. The van der Waals surface area contributed by atoms with E-state index in [9.17, 15) is 18.1 Å². The second-order valence-corrected chi connectivity index (χ2v) is 10.1. The van der Waals surface area contributed by atoms with Crippen LogP contribution in [0.4, 0.5) is 8.78 Å². The van der Waals surface area contributed by atoms with E-state index < -0.39 is 44.9 Å². The third kappa shape index (κ3) is 6.24. The van der Waals surface area contributed by atoms with Gasteiger partial charge >= 0.3 is 5.97 Å². The van der Waals surface area contributed by atoms with Crippen LogP contribution in [0.1, 0.15) is 60.5 Å². The third-order valence-electron chi connectivity index (χ3n) is 3.34. The van der Waals surface area contributed by atoms with Gasteiger partial charge in [0, 0.05) is 16.9 Å². The fourth-order valence-corrected chi connectivity index (χ4v) is 3.04. The monoisotopic (exact) mass is 375 g/mol. The Balaban J connectivity index is 3.26. The average Bonchev–Trinajstić information content (AvgIpc) is 2.37. The van der Waals surface area contributed by atoms with E-state index in [1.54, 1.807) is 41.5 Å². The van der Waals surface area contributed by atoms with Crippen molar-refractivity contribution in [3.8, 4) is 0 Å². The maximum atomic E-state index is 14.4. The van der Waals surface area contributed by atoms with Crippen molar-refractivity contribution in [1.82, 2.24) is 4.72 Å². The maximum Gasteiger partial charge on any atom is 0.308 e. The molecule has 0 aliphatic carbocycles. The summed E-state index contributed by atoms with van der Waals surface area (Å²) in [6.07, 6.45) is -0.299. The van der Waals surface area contributed by atoms with Crippen LogP contribution < -0.4 is 4.72 Å². The van der Waals surface area contributed by atoms with E-state index in [0.29, 0.717) is 0 Å². The van der Waals surface area contributed by atoms with E-state index in [2.05, 4.69) is 4.72 Å². The molecule has 1 aromatic rings. The van der Waals surface area contributed by atoms with Gasteiger partial charge in [0.05, 0.1) is 12.0 Å². The molecule has 1 rings (SSSR count). The van der Waals surface area contributed by atoms with Crippen molar-refractivity contribution in [2.45, 2.75) is 70.8 Å². The minimum Gasteiger partial charge on any atom is -0.598 e. The van der Waals surface area contributed by atoms with Gasteiger partial charge in [0.2, 0.25) is 0 Å². The van der Waals surface area contributed by atoms with Crippen LogP contribution in [0.3, 0.4) is 0 Å². The minimum absolute atomic E-state index is 0.0732. The first kappa shape index (κ1) is 21.9. The molecule has 0 aliphatic rings. The van der Waals surface area contributed by atoms with Gasteiger partial charge < -0.3 is 9.29 Å². The molecule has 0 spiro atoms. The smallest absolute Gasteiger partial charge is 0.308 e. The van der Waals surface area contributed by atoms with Gasteiger partial charge in [0.25, 0.3) is 0 Å². The molecule has 7 heteroatoms. The van der Waals surface area contributed by atoms with Crippen molar-refractivity contribution in [2.24, 2.45) is 0 Å². The number of carbonyl (C=O) groups is 1. The summed E-state index contributed by atoms with van der Waals surface area (Å²) in [6, 6.07) is 3.71. The van der Waals surface area contributed by atoms with Gasteiger partial charge in [-0.25, -0.2) is 8.78 Å². The highest BCUT2D eigenvalue weighted by atomic mass is 32.2. The number of nitrogens with one attached hydrogen (secondary N) is 1. The van der Waals surface area contributed by atoms with Crippen LogP contribution in [-0.4, -0.2) is 20.9 Å². The number of benzene rings is 1. The molecule has 0 aliphatic heterocycles. The van der Waals surface area contributed by atoms with Crippen LogP contribution in [0, 0.1) is 11.6 Å². The number of esters is 1. The first-order valence-electron chi connectivity index (χ1n) is 8.02. The van der Waals surface area contributed by atoms with E-state index in [4.69, 9.17) is 4.74 Å². The van der Waals surface area contributed by atoms with Crippen molar-refractivity contribution in [1.29, 1.82) is 0 Å². The molecule has 0 saturated carbocycles. The summed E-state index contributed by atoms with van der Waals surface area (Å²) >= 11 is -1.61. The van der Waals surface area contributed by atoms with Gasteiger partial charge in [-0.2, -0.15) is 0 Å². The molecule has 0 heterocycles. The number of rotatable bonds is 5. The summed E-state index contributed by atoms with van der Waals surface area (Å²) in [5.74, 6) is -2.71. The molecule has 142 valence electrons. The average molecular weight is 375 g/mol. The molecule has 0 bridgehead atoms. The van der Waals surface area contributed by atoms with E-state index >= 15 is 0 Å². The summed E-state index contributed by atoms with van der Waals surface area (Å²) in [6.45, 7) is 11.9. The number of hydrogen-bond acceptors (Lipinski definition) is 4. The van der Waals surface area contributed by atoms with Gasteiger partial charge in [-0.05, 0) is 54.5 Å². The minimum atomic E-state index is -1.61. The lowest BCUT2D eigenvalue weighted by molar-refractivity contribution is -0.156. The highest BCUT2D eigenvalue weighted by Gasteiger charge is 2.41. The number of carbonyl (C=O) groups excluding carboxylic acids is 1. The van der Waals surface area contributed by atoms with E-state index in [0.717, 1.165) is 6.07 Å². The summed E-state index contributed by atoms with van der Waals surface area (Å²) in [4.78, 5) is 12.3. The molecule has 1 aromatic carbocycles. The Morgan fingerprint density at radius 1 is 1.16 bits per heavy atom. The lowest BCUT2D eigenvalue weighted by atomic mass is 9.89. The summed E-state index contributed by atoms with van der Waals surface area (Å²) in [5, 5.41) is 0. The molecule has 0 radical (unpaired) electrons. The largest absolute Gasteiger partial charge is 0.598 e. The molecular weight excluding hydrogens is 348 g/mol. The zero-order valence-corrected chi connectivity index (χ0v) is 16.6. The lowest BCUT2D eigenvalue weighted by Gasteiger charge is -2.35. The zero-order chi connectivity index (χ0) is 19.6. The van der Waals surface area contributed by atoms with Crippen molar-refractivity contribution >= 4 is 17.3 Å². The third-order valence-corrected chi connectivity index (χ3v) is 5.09. The summed E-state index contributed by atoms with van der Waals surface area (Å²) in [7, 11) is 0. The number of halogens is 2. The zero-order valence-electron chi connectivity index (χ0n) is 15.8. The normalized spacial score (nSPS) is 16.2. The fraction of sp³-hybridized carbons (Fsp3) is 0.611. The van der Waals surface area contributed by atoms with E-state index in [1.807, 2.05) is 0 Å². The highest BCUT2D eigenvalue weighted by Crippen LogP contribution is 2.32. The van der Waals surface area contributed by atoms with Gasteiger partial charge in [-0.15, -0.1) is 4.72 Å². The van der Waals surface area contributed by atoms with Gasteiger partial charge in [-0.1, -0.05) is 12.1 Å². The van der Waals surface area contributed by atoms with Crippen molar-refractivity contribution in [3.63, 3.8) is 0 Å². The van der Waals surface area contributed by atoms with Crippen molar-refractivity contribution in [3.05, 3.63) is 35.4 Å². The predicted molar refractivity (Wildman–Crippen MR) is 95.2 cm³/mol. The second kappa shape index (κ2) is 7.60. The van der Waals surface area contributed by atoms with Gasteiger partial charge in [-0.3, -0.25) is 4.79 Å². The Hall–Kier alpha value is -1.18. The number of hydrogen-bond donors (Lipinski definition) is 1. The Labute approximate surface area is 151 Å². The molecule has 0 amide bonds. The Bertz CT molecular complexity index is 626. The molecule has 1 unspecified atom stereocenters. The first-order valence-corrected chi connectivity index (χ1v) is 9.17. The summed E-state index contributed by atoms with van der Waals surface area (Å²) < 4.78 is 48.1. The van der Waals surface area contributed by atoms with Crippen LogP contribution in [0.5, 0.6) is 0 Å². The van der Waals surface area contributed by atoms with Crippen LogP contribution in [0.25, 0.3) is 0 Å². The molecule has 4 nitrogen and oxygen atoms in total. The molecule has 0 saturated heterocycles. The van der Waals surface area contributed by atoms with Crippen LogP contribution in [0.2, 0.25) is 0 Å². The molecule has 0 aromatic heterocycles. The first-order chi connectivity index (χ1) is 11.2. The number of ether oxygens (including phenoxy) is 1. The van der Waals surface area contributed by atoms with E-state index in [-0.39, 0.29) is 12.0 Å². The maximum absolute atomic E-state index is 14.4. The molecular formula is C18H27F2NO3S. The van der Waals surface area contributed by atoms with Gasteiger partial charge in [0.15, 0.2) is 11.6 Å². The molecule has 0 fully saturated rings. The van der Waals surface area contributed by atoms with Crippen LogP contribution in [0.15, 0.2) is 18.2 Å². The summed E-state index contributed by atoms with van der Waals surface area (Å²) in [5.41, 5.74) is -2.19. The topological polar surface area (TPSA) is 61.4 Å². The van der Waals surface area contributed by atoms with Crippen molar-refractivity contribution < 1.29 is 22.9 Å². The lowest BCUT2D eigenvalue weighted by Crippen LogP contribution is -2.51. The van der Waals surface area contributed by atoms with Crippen molar-refractivity contribution in [2.75, 3.05) is 0 Å². The SMILES string of the molecule is CC(C)(C)OC(=O)C[C@](C)(N[S+]([O-])C(C)(C)C)c1cccc(F)c1F. The Morgan fingerprint density at radius 2 is 1.72 bits per heavy atom. The molecule has 25 heavy (non-hydrogen) atoms. The van der Waals surface area contributed by atoms with Crippen LogP contribution >= 0.6 is 0 Å². The van der Waals surface area contributed by atoms with E-state index in [1.165, 1.54) is 19.1 Å². The highest BCUT2D eigenvalue weighted by molar-refractivity contribution is 7.90. The molecule has 1 N–H and O–H groups in total. The second-order valence-electron chi connectivity index (χ2n) is 8.18. The molecule has 2 atom stereocenters. The Morgan fingerprint density at radius 3 is 2.20 bits per heavy atom. The predicted octanol–water partition coefficient (Wildman–Crippen LogP) is 3.96.